The summed E-state index contributed by atoms with van der Waals surface area (Å²) in [7, 11) is 0. The fourth-order valence-corrected chi connectivity index (χ4v) is 1.93. The van der Waals surface area contributed by atoms with Crippen LogP contribution in [0.15, 0.2) is 18.2 Å². The van der Waals surface area contributed by atoms with E-state index in [0.29, 0.717) is 6.61 Å². The van der Waals surface area contributed by atoms with Crippen LogP contribution in [-0.2, 0) is 11.3 Å². The summed E-state index contributed by atoms with van der Waals surface area (Å²) in [5.41, 5.74) is 2.97. The molecule has 0 spiro atoms. The minimum Gasteiger partial charge on any atom is -0.365 e. The summed E-state index contributed by atoms with van der Waals surface area (Å²) in [5.74, 6) is 0.145. The highest BCUT2D eigenvalue weighted by Crippen LogP contribution is 2.24. The molecule has 1 heterocycles. The normalized spacial score (nSPS) is 20.7. The highest BCUT2D eigenvalue weighted by Gasteiger charge is 2.27. The number of Topliss-reactive ketones (excluding diaryl/α,β-unsaturated/α-hetero) is 1. The van der Waals surface area contributed by atoms with Crippen LogP contribution in [0.5, 0.6) is 0 Å². The van der Waals surface area contributed by atoms with Gasteiger partial charge in [0.2, 0.25) is 0 Å². The molecule has 0 radical (unpaired) electrons. The Bertz CT molecular complexity index is 369. The van der Waals surface area contributed by atoms with Gasteiger partial charge in [-0.15, -0.1) is 0 Å². The number of hydrogen-bond donors (Lipinski definition) is 0. The first-order chi connectivity index (χ1) is 6.74. The first-order valence-corrected chi connectivity index (χ1v) is 4.98. The quantitative estimate of drug-likeness (QED) is 0.680. The van der Waals surface area contributed by atoms with E-state index in [1.165, 1.54) is 0 Å². The first kappa shape index (κ1) is 9.41. The highest BCUT2D eigenvalue weighted by atomic mass is 16.5. The van der Waals surface area contributed by atoms with E-state index >= 15 is 0 Å². The number of benzene rings is 1. The highest BCUT2D eigenvalue weighted by molar-refractivity contribution is 6.02. The van der Waals surface area contributed by atoms with Crippen molar-refractivity contribution in [1.29, 1.82) is 0 Å². The van der Waals surface area contributed by atoms with Gasteiger partial charge in [-0.3, -0.25) is 4.79 Å². The maximum Gasteiger partial charge on any atom is 0.192 e. The summed E-state index contributed by atoms with van der Waals surface area (Å²) < 4.78 is 5.47. The van der Waals surface area contributed by atoms with Crippen LogP contribution < -0.4 is 0 Å². The van der Waals surface area contributed by atoms with Crippen molar-refractivity contribution in [2.75, 3.05) is 0 Å². The largest absolute Gasteiger partial charge is 0.365 e. The standard InChI is InChI=1S/C12H14O2/c1-3-10-12(13)11-8(2)5-4-6-9(11)7-14-10/h4-6,10H,3,7H2,1-2H3. The van der Waals surface area contributed by atoms with E-state index in [9.17, 15) is 4.79 Å². The molecule has 1 unspecified atom stereocenters. The van der Waals surface area contributed by atoms with Crippen molar-refractivity contribution < 1.29 is 9.53 Å². The summed E-state index contributed by atoms with van der Waals surface area (Å²) in [6.45, 7) is 4.53. The van der Waals surface area contributed by atoms with E-state index in [-0.39, 0.29) is 11.9 Å². The lowest BCUT2D eigenvalue weighted by atomic mass is 9.93. The molecule has 1 aliphatic rings. The molecule has 0 aromatic heterocycles. The molecular weight excluding hydrogens is 176 g/mol. The van der Waals surface area contributed by atoms with Crippen LogP contribution in [0.3, 0.4) is 0 Å². The van der Waals surface area contributed by atoms with Crippen molar-refractivity contribution in [2.45, 2.75) is 33.0 Å². The van der Waals surface area contributed by atoms with E-state index in [2.05, 4.69) is 0 Å². The molecule has 1 aromatic carbocycles. The smallest absolute Gasteiger partial charge is 0.192 e. The molecule has 0 amide bonds. The Kier molecular flexibility index (Phi) is 2.38. The Morgan fingerprint density at radius 1 is 1.50 bits per heavy atom. The molecule has 2 rings (SSSR count). The summed E-state index contributed by atoms with van der Waals surface area (Å²) in [6.07, 6.45) is 0.524. The van der Waals surface area contributed by atoms with Crippen LogP contribution in [0.1, 0.15) is 34.8 Å². The molecule has 2 heteroatoms. The molecule has 0 bridgehead atoms. The average molecular weight is 190 g/mol. The number of carbonyl (C=O) groups is 1. The van der Waals surface area contributed by atoms with Gasteiger partial charge >= 0.3 is 0 Å². The van der Waals surface area contributed by atoms with Gasteiger partial charge < -0.3 is 4.74 Å². The predicted molar refractivity (Wildman–Crippen MR) is 54.4 cm³/mol. The van der Waals surface area contributed by atoms with Crippen molar-refractivity contribution in [3.63, 3.8) is 0 Å². The van der Waals surface area contributed by atoms with Crippen LogP contribution in [0.2, 0.25) is 0 Å². The molecule has 0 N–H and O–H groups in total. The van der Waals surface area contributed by atoms with Crippen LogP contribution in [0, 0.1) is 6.92 Å². The zero-order valence-corrected chi connectivity index (χ0v) is 8.54. The second kappa shape index (κ2) is 3.54. The summed E-state index contributed by atoms with van der Waals surface area (Å²) in [5, 5.41) is 0. The zero-order chi connectivity index (χ0) is 10.1. The molecule has 0 saturated carbocycles. The lowest BCUT2D eigenvalue weighted by Gasteiger charge is -2.24. The van der Waals surface area contributed by atoms with Gasteiger partial charge in [-0.25, -0.2) is 0 Å². The summed E-state index contributed by atoms with van der Waals surface area (Å²) in [4.78, 5) is 11.9. The van der Waals surface area contributed by atoms with Gasteiger partial charge in [0.05, 0.1) is 6.61 Å². The van der Waals surface area contributed by atoms with Gasteiger partial charge in [0.15, 0.2) is 5.78 Å². The van der Waals surface area contributed by atoms with Crippen LogP contribution >= 0.6 is 0 Å². The lowest BCUT2D eigenvalue weighted by Crippen LogP contribution is -2.30. The van der Waals surface area contributed by atoms with E-state index in [4.69, 9.17) is 4.74 Å². The maximum atomic E-state index is 11.9. The van der Waals surface area contributed by atoms with Gasteiger partial charge in [-0.05, 0) is 24.5 Å². The molecule has 14 heavy (non-hydrogen) atoms. The van der Waals surface area contributed by atoms with Crippen molar-refractivity contribution in [3.05, 3.63) is 34.9 Å². The maximum absolute atomic E-state index is 11.9. The van der Waals surface area contributed by atoms with Crippen LogP contribution in [0.4, 0.5) is 0 Å². The SMILES string of the molecule is CCC1OCc2cccc(C)c2C1=O. The minimum atomic E-state index is -0.233. The molecule has 1 atom stereocenters. The molecule has 0 aliphatic carbocycles. The van der Waals surface area contributed by atoms with Gasteiger partial charge in [0.1, 0.15) is 6.10 Å². The summed E-state index contributed by atoms with van der Waals surface area (Å²) in [6, 6.07) is 5.91. The third-order valence-corrected chi connectivity index (χ3v) is 2.71. The molecule has 1 aromatic rings. The monoisotopic (exact) mass is 190 g/mol. The third-order valence-electron chi connectivity index (χ3n) is 2.71. The van der Waals surface area contributed by atoms with E-state index < -0.39 is 0 Å². The van der Waals surface area contributed by atoms with Crippen molar-refractivity contribution in [2.24, 2.45) is 0 Å². The Morgan fingerprint density at radius 2 is 2.29 bits per heavy atom. The third kappa shape index (κ3) is 1.36. The average Bonchev–Trinajstić information content (AvgIpc) is 2.18. The van der Waals surface area contributed by atoms with Crippen molar-refractivity contribution in [1.82, 2.24) is 0 Å². The fraction of sp³-hybridized carbons (Fsp3) is 0.417. The van der Waals surface area contributed by atoms with Gasteiger partial charge in [0.25, 0.3) is 0 Å². The van der Waals surface area contributed by atoms with E-state index in [0.717, 1.165) is 23.1 Å². The lowest BCUT2D eigenvalue weighted by molar-refractivity contribution is 0.0249. The first-order valence-electron chi connectivity index (χ1n) is 4.98. The predicted octanol–water partition coefficient (Wildman–Crippen LogP) is 2.49. The van der Waals surface area contributed by atoms with Gasteiger partial charge in [-0.1, -0.05) is 25.1 Å². The number of ether oxygens (including phenoxy) is 1. The number of fused-ring (bicyclic) bond motifs is 1. The number of hydrogen-bond acceptors (Lipinski definition) is 2. The van der Waals surface area contributed by atoms with Crippen LogP contribution in [0.25, 0.3) is 0 Å². The number of carbonyl (C=O) groups excluding carboxylic acids is 1. The fourth-order valence-electron chi connectivity index (χ4n) is 1.93. The minimum absolute atomic E-state index is 0.145. The Hall–Kier alpha value is -1.15. The zero-order valence-electron chi connectivity index (χ0n) is 8.54. The molecule has 2 nitrogen and oxygen atoms in total. The molecule has 1 aliphatic heterocycles. The second-order valence-corrected chi connectivity index (χ2v) is 3.68. The summed E-state index contributed by atoms with van der Waals surface area (Å²) >= 11 is 0. The van der Waals surface area contributed by atoms with Crippen molar-refractivity contribution in [3.8, 4) is 0 Å². The van der Waals surface area contributed by atoms with E-state index in [1.54, 1.807) is 0 Å². The van der Waals surface area contributed by atoms with Crippen molar-refractivity contribution >= 4 is 5.78 Å². The van der Waals surface area contributed by atoms with Gasteiger partial charge in [-0.2, -0.15) is 0 Å². The number of aryl methyl sites for hydroxylation is 1. The Labute approximate surface area is 83.9 Å². The number of ketones is 1. The van der Waals surface area contributed by atoms with Crippen LogP contribution in [-0.4, -0.2) is 11.9 Å². The van der Waals surface area contributed by atoms with Gasteiger partial charge in [0, 0.05) is 5.56 Å². The van der Waals surface area contributed by atoms with E-state index in [1.807, 2.05) is 32.0 Å². The Balaban J connectivity index is 2.48. The second-order valence-electron chi connectivity index (χ2n) is 3.68. The molecule has 74 valence electrons. The Morgan fingerprint density at radius 3 is 3.00 bits per heavy atom. The topological polar surface area (TPSA) is 26.3 Å². The molecular formula is C12H14O2. The molecule has 0 saturated heterocycles. The molecule has 0 fully saturated rings. The number of rotatable bonds is 1.